The summed E-state index contributed by atoms with van der Waals surface area (Å²) in [4.78, 5) is 6.44. The van der Waals surface area contributed by atoms with E-state index >= 15 is 0 Å². The summed E-state index contributed by atoms with van der Waals surface area (Å²) < 4.78 is 0. The molecular weight excluding hydrogens is 200 g/mol. The van der Waals surface area contributed by atoms with Crippen molar-refractivity contribution in [1.29, 1.82) is 0 Å². The molecule has 2 aliphatic heterocycles. The van der Waals surface area contributed by atoms with Crippen LogP contribution in [0.5, 0.6) is 0 Å². The Bertz CT molecular complexity index is 401. The van der Waals surface area contributed by atoms with Crippen LogP contribution in [-0.2, 0) is 0 Å². The van der Waals surface area contributed by atoms with E-state index in [0.29, 0.717) is 12.0 Å². The molecular formula is C12H16N4. The quantitative estimate of drug-likeness (QED) is 0.762. The number of hydrogen-bond acceptors (Lipinski definition) is 4. The number of nitrogens with one attached hydrogen (secondary N) is 1. The van der Waals surface area contributed by atoms with E-state index in [4.69, 9.17) is 0 Å². The van der Waals surface area contributed by atoms with E-state index in [0.717, 1.165) is 19.5 Å². The Hall–Kier alpha value is -1.42. The average Bonchev–Trinajstić information content (AvgIpc) is 2.73. The second kappa shape index (κ2) is 3.87. The number of nitrogens with zero attached hydrogens (tertiary/aromatic N) is 3. The number of hydrazone groups is 1. The van der Waals surface area contributed by atoms with Crippen molar-refractivity contribution in [2.45, 2.75) is 12.5 Å². The highest BCUT2D eigenvalue weighted by molar-refractivity contribution is 5.89. The lowest BCUT2D eigenvalue weighted by Gasteiger charge is -2.30. The number of hydrogen-bond donors (Lipinski definition) is 1. The molecule has 0 spiro atoms. The van der Waals surface area contributed by atoms with E-state index in [9.17, 15) is 0 Å². The van der Waals surface area contributed by atoms with E-state index in [-0.39, 0.29) is 0 Å². The maximum atomic E-state index is 4.47. The van der Waals surface area contributed by atoms with Crippen molar-refractivity contribution in [3.05, 3.63) is 30.1 Å². The van der Waals surface area contributed by atoms with Gasteiger partial charge in [0.25, 0.3) is 0 Å². The lowest BCUT2D eigenvalue weighted by molar-refractivity contribution is 0.272. The van der Waals surface area contributed by atoms with Gasteiger partial charge in [-0.1, -0.05) is 0 Å². The molecule has 3 heterocycles. The van der Waals surface area contributed by atoms with Crippen LogP contribution in [0.3, 0.4) is 0 Å². The summed E-state index contributed by atoms with van der Waals surface area (Å²) >= 11 is 0. The van der Waals surface area contributed by atoms with Crippen molar-refractivity contribution in [1.82, 2.24) is 15.3 Å². The molecule has 0 bridgehead atoms. The molecule has 4 nitrogen and oxygen atoms in total. The summed E-state index contributed by atoms with van der Waals surface area (Å²) in [7, 11) is 2.18. The minimum atomic E-state index is 0.334. The molecule has 0 radical (unpaired) electrons. The molecule has 1 saturated heterocycles. The molecule has 1 N–H and O–H groups in total. The molecule has 1 aromatic rings. The minimum absolute atomic E-state index is 0.334. The molecule has 2 unspecified atom stereocenters. The van der Waals surface area contributed by atoms with Gasteiger partial charge in [-0.25, -0.2) is 0 Å². The molecule has 0 aliphatic carbocycles. The topological polar surface area (TPSA) is 40.5 Å². The second-order valence-electron chi connectivity index (χ2n) is 4.61. The predicted octanol–water partition coefficient (Wildman–Crippen LogP) is 1.03. The number of pyridine rings is 1. The van der Waals surface area contributed by atoms with Gasteiger partial charge >= 0.3 is 0 Å². The van der Waals surface area contributed by atoms with E-state index < -0.39 is 0 Å². The van der Waals surface area contributed by atoms with Gasteiger partial charge in [0, 0.05) is 43.5 Å². The second-order valence-corrected chi connectivity index (χ2v) is 4.61. The number of fused-ring (bicyclic) bond motifs is 1. The Labute approximate surface area is 95.4 Å². The molecule has 1 aromatic heterocycles. The highest BCUT2D eigenvalue weighted by Crippen LogP contribution is 2.31. The van der Waals surface area contributed by atoms with Crippen LogP contribution in [0.15, 0.2) is 29.6 Å². The van der Waals surface area contributed by atoms with Crippen LogP contribution in [0, 0.1) is 5.92 Å². The van der Waals surface area contributed by atoms with Crippen LogP contribution in [0.25, 0.3) is 0 Å². The molecule has 4 heteroatoms. The first-order chi connectivity index (χ1) is 7.84. The Kier molecular flexibility index (Phi) is 2.36. The molecule has 16 heavy (non-hydrogen) atoms. The van der Waals surface area contributed by atoms with Crippen LogP contribution >= 0.6 is 0 Å². The smallest absolute Gasteiger partial charge is 0.0783 e. The first kappa shape index (κ1) is 9.78. The van der Waals surface area contributed by atoms with Gasteiger partial charge in [0.15, 0.2) is 0 Å². The Balaban J connectivity index is 1.84. The first-order valence-corrected chi connectivity index (χ1v) is 5.75. The van der Waals surface area contributed by atoms with Crippen molar-refractivity contribution in [3.63, 3.8) is 0 Å². The van der Waals surface area contributed by atoms with Gasteiger partial charge in [-0.2, -0.15) is 5.10 Å². The number of piperidine rings is 1. The molecule has 1 fully saturated rings. The zero-order valence-electron chi connectivity index (χ0n) is 9.43. The number of likely N-dealkylation sites (tertiary alicyclic amines) is 1. The summed E-state index contributed by atoms with van der Waals surface area (Å²) in [6.07, 6.45) is 4.79. The predicted molar refractivity (Wildman–Crippen MR) is 63.2 cm³/mol. The van der Waals surface area contributed by atoms with Gasteiger partial charge in [-0.15, -0.1) is 0 Å². The standard InChI is InChI=1S/C12H16N4/c1-16-7-4-11-10(8-16)12(15-14-11)9-2-5-13-6-3-9/h2-3,5-6,10,12,15H,4,7-8H2,1H3. The highest BCUT2D eigenvalue weighted by atomic mass is 15.3. The maximum absolute atomic E-state index is 4.47. The maximum Gasteiger partial charge on any atom is 0.0783 e. The van der Waals surface area contributed by atoms with E-state index in [1.165, 1.54) is 11.3 Å². The first-order valence-electron chi connectivity index (χ1n) is 5.75. The zero-order chi connectivity index (χ0) is 11.0. The van der Waals surface area contributed by atoms with Crippen LogP contribution in [-0.4, -0.2) is 35.7 Å². The fourth-order valence-electron chi connectivity index (χ4n) is 2.58. The van der Waals surface area contributed by atoms with Crippen LogP contribution in [0.1, 0.15) is 18.0 Å². The molecule has 0 aromatic carbocycles. The van der Waals surface area contributed by atoms with Crippen LogP contribution < -0.4 is 5.43 Å². The average molecular weight is 216 g/mol. The van der Waals surface area contributed by atoms with E-state index in [2.05, 4.69) is 39.6 Å². The third-order valence-electron chi connectivity index (χ3n) is 3.50. The summed E-state index contributed by atoms with van der Waals surface area (Å²) in [5.41, 5.74) is 5.89. The molecule has 2 atom stereocenters. The Morgan fingerprint density at radius 1 is 1.38 bits per heavy atom. The fourth-order valence-corrected chi connectivity index (χ4v) is 2.58. The monoisotopic (exact) mass is 216 g/mol. The van der Waals surface area contributed by atoms with Crippen molar-refractivity contribution in [3.8, 4) is 0 Å². The molecule has 3 rings (SSSR count). The lowest BCUT2D eigenvalue weighted by atomic mass is 9.87. The summed E-state index contributed by atoms with van der Waals surface area (Å²) in [6, 6.07) is 4.48. The van der Waals surface area contributed by atoms with Gasteiger partial charge in [-0.05, 0) is 24.7 Å². The van der Waals surface area contributed by atoms with Gasteiger partial charge in [0.2, 0.25) is 0 Å². The van der Waals surface area contributed by atoms with E-state index in [1.54, 1.807) is 0 Å². The summed E-state index contributed by atoms with van der Waals surface area (Å²) in [5, 5.41) is 4.47. The van der Waals surface area contributed by atoms with Crippen molar-refractivity contribution < 1.29 is 0 Å². The van der Waals surface area contributed by atoms with Crippen molar-refractivity contribution in [2.75, 3.05) is 20.1 Å². The van der Waals surface area contributed by atoms with Gasteiger partial charge < -0.3 is 10.3 Å². The fraction of sp³-hybridized carbons (Fsp3) is 0.500. The normalized spacial score (nSPS) is 29.4. The molecule has 2 aliphatic rings. The van der Waals surface area contributed by atoms with Gasteiger partial charge in [0.1, 0.15) is 0 Å². The lowest BCUT2D eigenvalue weighted by Crippen LogP contribution is -2.39. The van der Waals surface area contributed by atoms with Gasteiger partial charge in [-0.3, -0.25) is 4.98 Å². The highest BCUT2D eigenvalue weighted by Gasteiger charge is 2.35. The molecule has 0 amide bonds. The molecule has 0 saturated carbocycles. The number of rotatable bonds is 1. The van der Waals surface area contributed by atoms with E-state index in [1.807, 2.05) is 12.4 Å². The summed E-state index contributed by atoms with van der Waals surface area (Å²) in [5.74, 6) is 0.529. The van der Waals surface area contributed by atoms with Gasteiger partial charge in [0.05, 0.1) is 6.04 Å². The Morgan fingerprint density at radius 2 is 2.19 bits per heavy atom. The minimum Gasteiger partial charge on any atom is -0.305 e. The summed E-state index contributed by atoms with van der Waals surface area (Å²) in [6.45, 7) is 2.22. The number of aromatic nitrogens is 1. The Morgan fingerprint density at radius 3 is 3.00 bits per heavy atom. The van der Waals surface area contributed by atoms with Crippen molar-refractivity contribution in [2.24, 2.45) is 11.0 Å². The largest absolute Gasteiger partial charge is 0.305 e. The SMILES string of the molecule is CN1CCC2=NNC(c3ccncc3)C2C1. The third-order valence-corrected chi connectivity index (χ3v) is 3.50. The third kappa shape index (κ3) is 1.59. The zero-order valence-corrected chi connectivity index (χ0v) is 9.43. The van der Waals surface area contributed by atoms with Crippen molar-refractivity contribution >= 4 is 5.71 Å². The van der Waals surface area contributed by atoms with Crippen LogP contribution in [0.2, 0.25) is 0 Å². The van der Waals surface area contributed by atoms with Crippen LogP contribution in [0.4, 0.5) is 0 Å². The molecule has 84 valence electrons.